The summed E-state index contributed by atoms with van der Waals surface area (Å²) in [6.45, 7) is 4.22. The number of nitrogens with zero attached hydrogens (tertiary/aromatic N) is 2. The van der Waals surface area contributed by atoms with Gasteiger partial charge in [0.1, 0.15) is 0 Å². The molecule has 2 rings (SSSR count). The second kappa shape index (κ2) is 4.86. The summed E-state index contributed by atoms with van der Waals surface area (Å²) in [6, 6.07) is 0. The van der Waals surface area contributed by atoms with Gasteiger partial charge in [0.15, 0.2) is 0 Å². The molecule has 2 heterocycles. The van der Waals surface area contributed by atoms with Crippen molar-refractivity contribution in [2.45, 2.75) is 33.1 Å². The Morgan fingerprint density at radius 1 is 1.13 bits per heavy atom. The number of aryl methyl sites for hydroxylation is 2. The maximum atomic E-state index is 4.59. The van der Waals surface area contributed by atoms with Gasteiger partial charge < -0.3 is 0 Å². The van der Waals surface area contributed by atoms with Gasteiger partial charge in [0.2, 0.25) is 0 Å². The average molecular weight is 238 g/mol. The van der Waals surface area contributed by atoms with Crippen molar-refractivity contribution in [2.75, 3.05) is 0 Å². The molecule has 0 unspecified atom stereocenters. The Kier molecular flexibility index (Phi) is 3.49. The third kappa shape index (κ3) is 2.86. The van der Waals surface area contributed by atoms with Gasteiger partial charge in [-0.05, 0) is 13.3 Å². The molecule has 0 aliphatic rings. The number of hydrogen-bond donors (Lipinski definition) is 0. The topological polar surface area (TPSA) is 25.8 Å². The largest absolute Gasteiger partial charge is 0.246 e. The van der Waals surface area contributed by atoms with Crippen molar-refractivity contribution in [3.8, 4) is 0 Å². The molecule has 0 atom stereocenters. The molecule has 80 valence electrons. The second-order valence-corrected chi connectivity index (χ2v) is 5.43. The summed E-state index contributed by atoms with van der Waals surface area (Å²) < 4.78 is 0. The molecule has 0 aliphatic heterocycles. The van der Waals surface area contributed by atoms with Crippen LogP contribution in [0, 0.1) is 6.92 Å². The van der Waals surface area contributed by atoms with Gasteiger partial charge in [0.05, 0.1) is 22.1 Å². The third-order valence-corrected chi connectivity index (χ3v) is 3.94. The quantitative estimate of drug-likeness (QED) is 0.815. The zero-order chi connectivity index (χ0) is 10.7. The van der Waals surface area contributed by atoms with Gasteiger partial charge in [-0.1, -0.05) is 13.3 Å². The maximum Gasteiger partial charge on any atom is 0.0996 e. The molecule has 0 bridgehead atoms. The Bertz CT molecular complexity index is 431. The van der Waals surface area contributed by atoms with Crippen molar-refractivity contribution in [3.63, 3.8) is 0 Å². The van der Waals surface area contributed by atoms with E-state index in [1.165, 1.54) is 22.1 Å². The summed E-state index contributed by atoms with van der Waals surface area (Å²) in [4.78, 5) is 9.04. The molecule has 0 amide bonds. The first kappa shape index (κ1) is 10.8. The number of rotatable bonds is 4. The molecule has 0 radical (unpaired) electrons. The van der Waals surface area contributed by atoms with Gasteiger partial charge in [0, 0.05) is 16.5 Å². The predicted octanol–water partition coefficient (Wildman–Crippen LogP) is 3.45. The van der Waals surface area contributed by atoms with Crippen LogP contribution in [-0.4, -0.2) is 9.97 Å². The highest BCUT2D eigenvalue weighted by molar-refractivity contribution is 7.11. The minimum absolute atomic E-state index is 0.896. The summed E-state index contributed by atoms with van der Waals surface area (Å²) in [5.74, 6) is 0. The van der Waals surface area contributed by atoms with E-state index in [0.717, 1.165) is 18.5 Å². The molecule has 0 saturated carbocycles. The van der Waals surface area contributed by atoms with E-state index in [0.29, 0.717) is 0 Å². The minimum atomic E-state index is 0.896. The normalized spacial score (nSPS) is 10.8. The van der Waals surface area contributed by atoms with Crippen molar-refractivity contribution < 1.29 is 0 Å². The van der Waals surface area contributed by atoms with Crippen LogP contribution in [-0.2, 0) is 12.8 Å². The molecule has 0 fully saturated rings. The van der Waals surface area contributed by atoms with Gasteiger partial charge in [-0.3, -0.25) is 0 Å². The summed E-state index contributed by atoms with van der Waals surface area (Å²) in [7, 11) is 0. The zero-order valence-electron chi connectivity index (χ0n) is 8.99. The van der Waals surface area contributed by atoms with Gasteiger partial charge in [-0.25, -0.2) is 9.97 Å². The molecule has 0 N–H and O–H groups in total. The smallest absolute Gasteiger partial charge is 0.0996 e. The average Bonchev–Trinajstić information content (AvgIpc) is 2.78. The van der Waals surface area contributed by atoms with E-state index in [-0.39, 0.29) is 0 Å². The van der Waals surface area contributed by atoms with Crippen LogP contribution in [0.4, 0.5) is 0 Å². The highest BCUT2D eigenvalue weighted by atomic mass is 32.1. The van der Waals surface area contributed by atoms with Gasteiger partial charge in [-0.2, -0.15) is 0 Å². The van der Waals surface area contributed by atoms with E-state index >= 15 is 0 Å². The summed E-state index contributed by atoms with van der Waals surface area (Å²) in [5.41, 5.74) is 2.34. The monoisotopic (exact) mass is 238 g/mol. The van der Waals surface area contributed by atoms with Crippen molar-refractivity contribution in [1.82, 2.24) is 9.97 Å². The van der Waals surface area contributed by atoms with Crippen LogP contribution < -0.4 is 0 Å². The van der Waals surface area contributed by atoms with Crippen LogP contribution in [0.1, 0.15) is 34.7 Å². The molecular formula is C11H14N2S2. The van der Waals surface area contributed by atoms with Crippen molar-refractivity contribution in [3.05, 3.63) is 32.2 Å². The fraction of sp³-hybridized carbons (Fsp3) is 0.455. The van der Waals surface area contributed by atoms with E-state index in [2.05, 4.69) is 27.7 Å². The molecule has 0 spiro atoms. The highest BCUT2D eigenvalue weighted by Gasteiger charge is 2.05. The van der Waals surface area contributed by atoms with Crippen LogP contribution in [0.15, 0.2) is 10.8 Å². The first-order chi connectivity index (χ1) is 7.28. The molecule has 2 nitrogen and oxygen atoms in total. The van der Waals surface area contributed by atoms with Crippen molar-refractivity contribution >= 4 is 22.7 Å². The molecule has 2 aromatic heterocycles. The molecular weight excluding hydrogens is 224 g/mol. The maximum absolute atomic E-state index is 4.59. The van der Waals surface area contributed by atoms with E-state index in [9.17, 15) is 0 Å². The van der Waals surface area contributed by atoms with Crippen LogP contribution in [0.2, 0.25) is 0 Å². The molecule has 2 aromatic rings. The zero-order valence-corrected chi connectivity index (χ0v) is 10.6. The van der Waals surface area contributed by atoms with Crippen molar-refractivity contribution in [1.29, 1.82) is 0 Å². The Balaban J connectivity index is 2.04. The fourth-order valence-corrected chi connectivity index (χ4v) is 3.11. The number of aromatic nitrogens is 2. The molecule has 0 aromatic carbocycles. The first-order valence-electron chi connectivity index (χ1n) is 5.12. The van der Waals surface area contributed by atoms with E-state index in [1.807, 2.05) is 6.92 Å². The standard InChI is InChI=1S/C11H14N2S2/c1-3-4-9-7-15-11(13-9)5-10-12-8(2)6-14-10/h6-7H,3-5H2,1-2H3. The Labute approximate surface area is 98.0 Å². The summed E-state index contributed by atoms with van der Waals surface area (Å²) in [5, 5.41) is 6.62. The molecule has 0 aliphatic carbocycles. The summed E-state index contributed by atoms with van der Waals surface area (Å²) in [6.07, 6.45) is 3.15. The van der Waals surface area contributed by atoms with Crippen LogP contribution in [0.3, 0.4) is 0 Å². The second-order valence-electron chi connectivity index (χ2n) is 3.54. The van der Waals surface area contributed by atoms with Crippen LogP contribution in [0.25, 0.3) is 0 Å². The van der Waals surface area contributed by atoms with Gasteiger partial charge in [0.25, 0.3) is 0 Å². The van der Waals surface area contributed by atoms with Gasteiger partial charge in [-0.15, -0.1) is 22.7 Å². The van der Waals surface area contributed by atoms with E-state index in [4.69, 9.17) is 0 Å². The Hall–Kier alpha value is -0.740. The number of hydrogen-bond acceptors (Lipinski definition) is 4. The molecule has 0 saturated heterocycles. The van der Waals surface area contributed by atoms with Gasteiger partial charge >= 0.3 is 0 Å². The lowest BCUT2D eigenvalue weighted by Gasteiger charge is -1.91. The third-order valence-electron chi connectivity index (χ3n) is 2.07. The van der Waals surface area contributed by atoms with Crippen LogP contribution in [0.5, 0.6) is 0 Å². The predicted molar refractivity (Wildman–Crippen MR) is 65.8 cm³/mol. The Morgan fingerprint density at radius 3 is 2.53 bits per heavy atom. The highest BCUT2D eigenvalue weighted by Crippen LogP contribution is 2.18. The summed E-state index contributed by atoms with van der Waals surface area (Å²) >= 11 is 3.47. The lowest BCUT2D eigenvalue weighted by Crippen LogP contribution is -1.88. The fourth-order valence-electron chi connectivity index (χ4n) is 1.41. The molecule has 15 heavy (non-hydrogen) atoms. The SMILES string of the molecule is CCCc1csc(Cc2nc(C)cs2)n1. The van der Waals surface area contributed by atoms with E-state index < -0.39 is 0 Å². The minimum Gasteiger partial charge on any atom is -0.246 e. The van der Waals surface area contributed by atoms with Crippen LogP contribution >= 0.6 is 22.7 Å². The first-order valence-corrected chi connectivity index (χ1v) is 6.88. The van der Waals surface area contributed by atoms with E-state index in [1.54, 1.807) is 22.7 Å². The Morgan fingerprint density at radius 2 is 1.87 bits per heavy atom. The lowest BCUT2D eigenvalue weighted by molar-refractivity contribution is 0.882. The lowest BCUT2D eigenvalue weighted by atomic mass is 10.3. The van der Waals surface area contributed by atoms with Crippen molar-refractivity contribution in [2.24, 2.45) is 0 Å². The molecule has 4 heteroatoms. The number of thiazole rings is 2.